The summed E-state index contributed by atoms with van der Waals surface area (Å²) < 4.78 is 37.4. The van der Waals surface area contributed by atoms with E-state index in [9.17, 15) is 18.0 Å². The number of halogens is 3. The van der Waals surface area contributed by atoms with Gasteiger partial charge in [0.2, 0.25) is 5.91 Å². The van der Waals surface area contributed by atoms with Crippen LogP contribution in [0.3, 0.4) is 0 Å². The minimum Gasteiger partial charge on any atom is -0.322 e. The molecule has 0 radical (unpaired) electrons. The third-order valence-electron chi connectivity index (χ3n) is 3.18. The normalized spacial score (nSPS) is 11.5. The predicted molar refractivity (Wildman–Crippen MR) is 84.3 cm³/mol. The fraction of sp³-hybridized carbons (Fsp3) is 0.333. The summed E-state index contributed by atoms with van der Waals surface area (Å²) in [6.45, 7) is 3.60. The zero-order valence-corrected chi connectivity index (χ0v) is 13.4. The number of carbonyl (C=O) groups is 1. The number of hydrogen-bond acceptors (Lipinski definition) is 3. The van der Waals surface area contributed by atoms with Gasteiger partial charge in [-0.05, 0) is 31.5 Å². The number of aromatic amines is 1. The van der Waals surface area contributed by atoms with Gasteiger partial charge in [0.15, 0.2) is 0 Å². The number of carbonyl (C=O) groups excluding carboxylic acids is 1. The summed E-state index contributed by atoms with van der Waals surface area (Å²) in [6, 6.07) is 4.96. The van der Waals surface area contributed by atoms with Gasteiger partial charge in [0.25, 0.3) is 0 Å². The summed E-state index contributed by atoms with van der Waals surface area (Å²) in [5.41, 5.74) is 2.23. The lowest BCUT2D eigenvalue weighted by atomic mass is 10.1. The largest absolute Gasteiger partial charge is 0.416 e. The molecule has 23 heavy (non-hydrogen) atoms. The second-order valence-electron chi connectivity index (χ2n) is 5.04. The number of aryl methyl sites for hydroxylation is 2. The maximum absolute atomic E-state index is 12.5. The van der Waals surface area contributed by atoms with Crippen LogP contribution in [0.5, 0.6) is 0 Å². The van der Waals surface area contributed by atoms with Crippen molar-refractivity contribution >= 4 is 23.4 Å². The van der Waals surface area contributed by atoms with Gasteiger partial charge in [0.1, 0.15) is 0 Å². The Morgan fingerprint density at radius 2 is 1.91 bits per heavy atom. The molecular weight excluding hydrogens is 327 g/mol. The van der Waals surface area contributed by atoms with Crippen molar-refractivity contribution in [2.24, 2.45) is 0 Å². The van der Waals surface area contributed by atoms with E-state index in [2.05, 4.69) is 15.5 Å². The van der Waals surface area contributed by atoms with Crippen LogP contribution in [0.4, 0.5) is 18.9 Å². The molecule has 4 nitrogen and oxygen atoms in total. The standard InChI is InChI=1S/C15H16F3N3OS/c1-9-14(10(2)21-20-9)19-13(22)8-23-7-11-3-5-12(6-4-11)15(16,17)18/h3-6H,7-8H2,1-2H3,(H,19,22)(H,20,21). The lowest BCUT2D eigenvalue weighted by molar-refractivity contribution is -0.137. The molecule has 2 rings (SSSR count). The molecule has 0 fully saturated rings. The van der Waals surface area contributed by atoms with Gasteiger partial charge in [-0.15, -0.1) is 11.8 Å². The molecule has 1 aromatic carbocycles. The molecule has 0 aliphatic heterocycles. The van der Waals surface area contributed by atoms with Crippen LogP contribution in [-0.4, -0.2) is 21.9 Å². The molecule has 0 spiro atoms. The molecule has 2 aromatic rings. The van der Waals surface area contributed by atoms with Gasteiger partial charge in [-0.3, -0.25) is 9.89 Å². The average Bonchev–Trinajstić information content (AvgIpc) is 2.79. The Bertz CT molecular complexity index is 661. The number of thioether (sulfide) groups is 1. The highest BCUT2D eigenvalue weighted by Crippen LogP contribution is 2.29. The van der Waals surface area contributed by atoms with Crippen LogP contribution in [0, 0.1) is 13.8 Å². The van der Waals surface area contributed by atoms with Crippen molar-refractivity contribution in [3.8, 4) is 0 Å². The Kier molecular flexibility index (Phi) is 5.35. The molecule has 1 amide bonds. The van der Waals surface area contributed by atoms with E-state index in [1.807, 2.05) is 6.92 Å². The van der Waals surface area contributed by atoms with E-state index >= 15 is 0 Å². The number of rotatable bonds is 5. The van der Waals surface area contributed by atoms with Crippen molar-refractivity contribution < 1.29 is 18.0 Å². The Labute approximate surface area is 135 Å². The summed E-state index contributed by atoms with van der Waals surface area (Å²) in [7, 11) is 0. The number of aromatic nitrogens is 2. The highest BCUT2D eigenvalue weighted by molar-refractivity contribution is 7.99. The van der Waals surface area contributed by atoms with Crippen LogP contribution in [0.15, 0.2) is 24.3 Å². The monoisotopic (exact) mass is 343 g/mol. The molecule has 0 aliphatic rings. The molecule has 1 heterocycles. The number of nitrogens with zero attached hydrogens (tertiary/aromatic N) is 1. The summed E-state index contributed by atoms with van der Waals surface area (Å²) in [5, 5.41) is 9.54. The van der Waals surface area contributed by atoms with Gasteiger partial charge in [-0.2, -0.15) is 18.3 Å². The Morgan fingerprint density at radius 1 is 1.26 bits per heavy atom. The van der Waals surface area contributed by atoms with Gasteiger partial charge in [0.05, 0.1) is 28.4 Å². The van der Waals surface area contributed by atoms with Crippen molar-refractivity contribution in [1.82, 2.24) is 10.2 Å². The molecule has 0 aliphatic carbocycles. The first-order valence-corrected chi connectivity index (χ1v) is 7.98. The lowest BCUT2D eigenvalue weighted by Gasteiger charge is -2.08. The summed E-state index contributed by atoms with van der Waals surface area (Å²) in [5.74, 6) is 0.509. The number of H-pyrrole nitrogens is 1. The Hall–Kier alpha value is -1.96. The van der Waals surface area contributed by atoms with Crippen molar-refractivity contribution in [3.63, 3.8) is 0 Å². The minimum absolute atomic E-state index is 0.172. The topological polar surface area (TPSA) is 57.8 Å². The fourth-order valence-corrected chi connectivity index (χ4v) is 2.75. The Balaban J connectivity index is 1.82. The maximum atomic E-state index is 12.5. The van der Waals surface area contributed by atoms with E-state index < -0.39 is 11.7 Å². The highest BCUT2D eigenvalue weighted by atomic mass is 32.2. The first-order valence-electron chi connectivity index (χ1n) is 6.82. The molecule has 8 heteroatoms. The van der Waals surface area contributed by atoms with Crippen LogP contribution >= 0.6 is 11.8 Å². The molecular formula is C15H16F3N3OS. The van der Waals surface area contributed by atoms with Crippen molar-refractivity contribution in [1.29, 1.82) is 0 Å². The average molecular weight is 343 g/mol. The van der Waals surface area contributed by atoms with Crippen LogP contribution in [0.1, 0.15) is 22.5 Å². The number of anilines is 1. The van der Waals surface area contributed by atoms with Gasteiger partial charge < -0.3 is 5.32 Å². The number of amides is 1. The highest BCUT2D eigenvalue weighted by Gasteiger charge is 2.29. The van der Waals surface area contributed by atoms with E-state index in [0.717, 1.165) is 23.4 Å². The molecule has 0 bridgehead atoms. The smallest absolute Gasteiger partial charge is 0.322 e. The van der Waals surface area contributed by atoms with Gasteiger partial charge >= 0.3 is 6.18 Å². The molecule has 2 N–H and O–H groups in total. The molecule has 0 atom stereocenters. The van der Waals surface area contributed by atoms with E-state index in [0.29, 0.717) is 17.1 Å². The van der Waals surface area contributed by atoms with E-state index in [4.69, 9.17) is 0 Å². The molecule has 124 valence electrons. The van der Waals surface area contributed by atoms with Gasteiger partial charge in [-0.1, -0.05) is 12.1 Å². The minimum atomic E-state index is -4.33. The first kappa shape index (κ1) is 17.4. The molecule has 0 unspecified atom stereocenters. The molecule has 0 saturated carbocycles. The second-order valence-corrected chi connectivity index (χ2v) is 6.03. The molecule has 1 aromatic heterocycles. The lowest BCUT2D eigenvalue weighted by Crippen LogP contribution is -2.15. The second kappa shape index (κ2) is 7.08. The van der Waals surface area contributed by atoms with Crippen molar-refractivity contribution in [2.75, 3.05) is 11.1 Å². The number of benzene rings is 1. The molecule has 0 saturated heterocycles. The zero-order valence-electron chi connectivity index (χ0n) is 12.6. The van der Waals surface area contributed by atoms with Crippen molar-refractivity contribution in [2.45, 2.75) is 25.8 Å². The first-order chi connectivity index (χ1) is 10.8. The maximum Gasteiger partial charge on any atom is 0.416 e. The van der Waals surface area contributed by atoms with Gasteiger partial charge in [-0.25, -0.2) is 0 Å². The van der Waals surface area contributed by atoms with Gasteiger partial charge in [0, 0.05) is 5.75 Å². The Morgan fingerprint density at radius 3 is 2.43 bits per heavy atom. The fourth-order valence-electron chi connectivity index (χ4n) is 1.96. The van der Waals surface area contributed by atoms with E-state index in [1.165, 1.54) is 23.9 Å². The number of hydrogen-bond donors (Lipinski definition) is 2. The quantitative estimate of drug-likeness (QED) is 0.865. The third-order valence-corrected chi connectivity index (χ3v) is 4.18. The van der Waals surface area contributed by atoms with E-state index in [-0.39, 0.29) is 11.7 Å². The van der Waals surface area contributed by atoms with E-state index in [1.54, 1.807) is 6.92 Å². The van der Waals surface area contributed by atoms with Crippen LogP contribution < -0.4 is 5.32 Å². The van der Waals surface area contributed by atoms with Crippen molar-refractivity contribution in [3.05, 3.63) is 46.8 Å². The zero-order chi connectivity index (χ0) is 17.0. The third kappa shape index (κ3) is 4.75. The summed E-state index contributed by atoms with van der Waals surface area (Å²) in [4.78, 5) is 11.9. The van der Waals surface area contributed by atoms with Crippen LogP contribution in [0.2, 0.25) is 0 Å². The number of nitrogens with one attached hydrogen (secondary N) is 2. The summed E-state index contributed by atoms with van der Waals surface area (Å²) >= 11 is 1.34. The SMILES string of the molecule is Cc1n[nH]c(C)c1NC(=O)CSCc1ccc(C(F)(F)F)cc1. The van der Waals surface area contributed by atoms with Crippen LogP contribution in [0.25, 0.3) is 0 Å². The predicted octanol–water partition coefficient (Wildman–Crippen LogP) is 3.92. The van der Waals surface area contributed by atoms with Crippen LogP contribution in [-0.2, 0) is 16.7 Å². The number of alkyl halides is 3. The summed E-state index contributed by atoms with van der Waals surface area (Å²) in [6.07, 6.45) is -4.33.